The smallest absolute Gasteiger partial charge is 0.309 e. The minimum absolute atomic E-state index is 0.00321. The first-order valence-corrected chi connectivity index (χ1v) is 9.25. The van der Waals surface area contributed by atoms with Crippen LogP contribution in [0.5, 0.6) is 11.6 Å². The summed E-state index contributed by atoms with van der Waals surface area (Å²) in [5.74, 6) is -0.943. The number of aromatic nitrogens is 1. The molecule has 1 heterocycles. The van der Waals surface area contributed by atoms with E-state index in [1.165, 1.54) is 43.6 Å². The molecule has 3 aromatic rings. The van der Waals surface area contributed by atoms with E-state index in [9.17, 15) is 14.0 Å². The predicted molar refractivity (Wildman–Crippen MR) is 109 cm³/mol. The van der Waals surface area contributed by atoms with Gasteiger partial charge in [0.2, 0.25) is 5.88 Å². The number of carbonyl (C=O) groups is 2. The number of rotatable bonds is 7. The topological polar surface area (TPSA) is 101 Å². The zero-order chi connectivity index (χ0) is 22.2. The molecule has 156 valence electrons. The van der Waals surface area contributed by atoms with Crippen molar-refractivity contribution in [2.24, 2.45) is 0 Å². The van der Waals surface area contributed by atoms with Gasteiger partial charge in [-0.2, -0.15) is 5.26 Å². The fraction of sp³-hybridized carbons (Fsp3) is 0.130. The van der Waals surface area contributed by atoms with Crippen LogP contribution in [0.15, 0.2) is 60.8 Å². The average molecular weight is 419 g/mol. The van der Waals surface area contributed by atoms with Gasteiger partial charge in [-0.25, -0.2) is 9.37 Å². The summed E-state index contributed by atoms with van der Waals surface area (Å²) < 4.78 is 23.3. The van der Waals surface area contributed by atoms with Gasteiger partial charge in [0, 0.05) is 12.7 Å². The van der Waals surface area contributed by atoms with E-state index in [0.717, 1.165) is 11.1 Å². The molecule has 0 atom stereocenters. The number of ether oxygens (including phenoxy) is 2. The summed E-state index contributed by atoms with van der Waals surface area (Å²) in [6.07, 6.45) is 1.45. The number of amides is 1. The lowest BCUT2D eigenvalue weighted by molar-refractivity contribution is -0.139. The number of methoxy groups -OCH3 is 1. The van der Waals surface area contributed by atoms with Crippen LogP contribution in [0.1, 0.15) is 27.0 Å². The van der Waals surface area contributed by atoms with E-state index < -0.39 is 11.7 Å². The lowest BCUT2D eigenvalue weighted by atomic mass is 10.1. The molecule has 1 amide bonds. The highest BCUT2D eigenvalue weighted by atomic mass is 19.1. The summed E-state index contributed by atoms with van der Waals surface area (Å²) in [4.78, 5) is 28.1. The molecule has 0 fully saturated rings. The summed E-state index contributed by atoms with van der Waals surface area (Å²) in [6.45, 7) is 0.212. The second kappa shape index (κ2) is 9.98. The fourth-order valence-electron chi connectivity index (χ4n) is 2.66. The molecule has 0 radical (unpaired) electrons. The van der Waals surface area contributed by atoms with Crippen LogP contribution in [0.3, 0.4) is 0 Å². The van der Waals surface area contributed by atoms with Crippen LogP contribution < -0.4 is 10.1 Å². The first kappa shape index (κ1) is 21.5. The molecule has 0 saturated carbocycles. The molecule has 0 aliphatic heterocycles. The minimum atomic E-state index is -0.486. The van der Waals surface area contributed by atoms with Gasteiger partial charge in [0.1, 0.15) is 23.2 Å². The summed E-state index contributed by atoms with van der Waals surface area (Å²) in [5, 5.41) is 11.9. The quantitative estimate of drug-likeness (QED) is 0.588. The number of nitriles is 1. The maximum Gasteiger partial charge on any atom is 0.309 e. The van der Waals surface area contributed by atoms with Gasteiger partial charge >= 0.3 is 5.97 Å². The van der Waals surface area contributed by atoms with Gasteiger partial charge in [-0.3, -0.25) is 9.59 Å². The highest BCUT2D eigenvalue weighted by Crippen LogP contribution is 2.24. The largest absolute Gasteiger partial charge is 0.469 e. The van der Waals surface area contributed by atoms with Gasteiger partial charge in [0.25, 0.3) is 5.91 Å². The van der Waals surface area contributed by atoms with Crippen molar-refractivity contribution < 1.29 is 23.5 Å². The van der Waals surface area contributed by atoms with E-state index in [1.807, 2.05) is 6.07 Å². The molecule has 31 heavy (non-hydrogen) atoms. The van der Waals surface area contributed by atoms with E-state index in [-0.39, 0.29) is 35.9 Å². The summed E-state index contributed by atoms with van der Waals surface area (Å²) in [6, 6.07) is 15.7. The van der Waals surface area contributed by atoms with Crippen molar-refractivity contribution in [3.05, 3.63) is 88.9 Å². The van der Waals surface area contributed by atoms with Crippen molar-refractivity contribution >= 4 is 11.9 Å². The monoisotopic (exact) mass is 419 g/mol. The lowest BCUT2D eigenvalue weighted by Crippen LogP contribution is -2.23. The lowest BCUT2D eigenvalue weighted by Gasteiger charge is -2.11. The molecule has 0 aliphatic carbocycles. The number of hydrogen-bond acceptors (Lipinski definition) is 6. The Morgan fingerprint density at radius 3 is 2.42 bits per heavy atom. The molecular weight excluding hydrogens is 401 g/mol. The number of nitrogens with zero attached hydrogens (tertiary/aromatic N) is 2. The highest BCUT2D eigenvalue weighted by molar-refractivity contribution is 5.96. The first-order valence-electron chi connectivity index (χ1n) is 9.25. The van der Waals surface area contributed by atoms with Crippen molar-refractivity contribution in [2.45, 2.75) is 13.0 Å². The van der Waals surface area contributed by atoms with Crippen molar-refractivity contribution in [1.82, 2.24) is 10.3 Å². The molecule has 0 saturated heterocycles. The van der Waals surface area contributed by atoms with Crippen LogP contribution in [-0.2, 0) is 22.5 Å². The van der Waals surface area contributed by atoms with Crippen LogP contribution in [-0.4, -0.2) is 24.0 Å². The molecule has 2 aromatic carbocycles. The van der Waals surface area contributed by atoms with Crippen molar-refractivity contribution in [3.8, 4) is 17.7 Å². The normalized spacial score (nSPS) is 10.1. The Morgan fingerprint density at radius 2 is 1.77 bits per heavy atom. The maximum atomic E-state index is 13.1. The number of esters is 1. The Hall–Kier alpha value is -4.25. The van der Waals surface area contributed by atoms with Gasteiger partial charge in [0.15, 0.2) is 0 Å². The van der Waals surface area contributed by atoms with Gasteiger partial charge in [-0.15, -0.1) is 0 Å². The number of carbonyl (C=O) groups excluding carboxylic acids is 2. The zero-order valence-corrected chi connectivity index (χ0v) is 16.6. The molecule has 7 nitrogen and oxygen atoms in total. The molecule has 0 unspecified atom stereocenters. The molecule has 3 rings (SSSR count). The Morgan fingerprint density at radius 1 is 1.10 bits per heavy atom. The summed E-state index contributed by atoms with van der Waals surface area (Å²) >= 11 is 0. The molecule has 1 aromatic heterocycles. The predicted octanol–water partition coefficient (Wildman–Crippen LogP) is 3.53. The van der Waals surface area contributed by atoms with Crippen LogP contribution in [0.4, 0.5) is 4.39 Å². The Kier molecular flexibility index (Phi) is 6.91. The number of halogens is 1. The van der Waals surface area contributed by atoms with E-state index in [0.29, 0.717) is 5.75 Å². The van der Waals surface area contributed by atoms with Gasteiger partial charge in [-0.05, 0) is 41.5 Å². The molecule has 0 bridgehead atoms. The first-order chi connectivity index (χ1) is 15.0. The molecular formula is C23H18FN3O4. The van der Waals surface area contributed by atoms with Crippen molar-refractivity contribution in [2.75, 3.05) is 7.11 Å². The van der Waals surface area contributed by atoms with Crippen LogP contribution in [0.2, 0.25) is 0 Å². The van der Waals surface area contributed by atoms with Crippen LogP contribution >= 0.6 is 0 Å². The summed E-state index contributed by atoms with van der Waals surface area (Å²) in [5.41, 5.74) is 1.88. The average Bonchev–Trinajstić information content (AvgIpc) is 2.80. The van der Waals surface area contributed by atoms with E-state index >= 15 is 0 Å². The van der Waals surface area contributed by atoms with Gasteiger partial charge in [-0.1, -0.05) is 24.3 Å². The number of hydrogen-bond donors (Lipinski definition) is 1. The third kappa shape index (κ3) is 5.87. The minimum Gasteiger partial charge on any atom is -0.469 e. The molecule has 1 N–H and O–H groups in total. The zero-order valence-electron chi connectivity index (χ0n) is 16.6. The molecule has 0 spiro atoms. The van der Waals surface area contributed by atoms with E-state index in [2.05, 4.69) is 15.0 Å². The Balaban J connectivity index is 1.72. The van der Waals surface area contributed by atoms with Gasteiger partial charge in [0.05, 0.1) is 19.1 Å². The third-order valence-electron chi connectivity index (χ3n) is 4.31. The van der Waals surface area contributed by atoms with Crippen molar-refractivity contribution in [1.29, 1.82) is 5.26 Å². The number of nitrogens with one attached hydrogen (secondary N) is 1. The fourth-order valence-corrected chi connectivity index (χ4v) is 2.66. The van der Waals surface area contributed by atoms with E-state index in [4.69, 9.17) is 10.00 Å². The second-order valence-electron chi connectivity index (χ2n) is 6.50. The van der Waals surface area contributed by atoms with Gasteiger partial charge < -0.3 is 14.8 Å². The second-order valence-corrected chi connectivity index (χ2v) is 6.50. The van der Waals surface area contributed by atoms with Crippen molar-refractivity contribution in [3.63, 3.8) is 0 Å². The standard InChI is InChI=1S/C23H18FN3O4/c1-30-21(28)11-15-2-4-16(5-3-15)13-26-22(29)20-10-17(12-25)14-27-23(20)31-19-8-6-18(24)7-9-19/h2-10,14H,11,13H2,1H3,(H,26,29). The Bertz CT molecular complexity index is 1120. The molecule has 8 heteroatoms. The maximum absolute atomic E-state index is 13.1. The van der Waals surface area contributed by atoms with E-state index in [1.54, 1.807) is 24.3 Å². The number of benzene rings is 2. The van der Waals surface area contributed by atoms with Crippen LogP contribution in [0, 0.1) is 17.1 Å². The Labute approximate surface area is 178 Å². The van der Waals surface area contributed by atoms with Crippen LogP contribution in [0.25, 0.3) is 0 Å². The highest BCUT2D eigenvalue weighted by Gasteiger charge is 2.16. The number of pyridine rings is 1. The molecule has 0 aliphatic rings. The third-order valence-corrected chi connectivity index (χ3v) is 4.31. The SMILES string of the molecule is COC(=O)Cc1ccc(CNC(=O)c2cc(C#N)cnc2Oc2ccc(F)cc2)cc1. The summed E-state index contributed by atoms with van der Waals surface area (Å²) in [7, 11) is 1.33.